The number of amidine groups is 1. The molecule has 0 saturated carbocycles. The Morgan fingerprint density at radius 2 is 1.90 bits per heavy atom. The van der Waals surface area contributed by atoms with E-state index in [1.165, 1.54) is 0 Å². The fraction of sp³-hybridized carbons (Fsp3) is 0.333. The molecule has 9 heteroatoms. The Morgan fingerprint density at radius 1 is 1.13 bits per heavy atom. The van der Waals surface area contributed by atoms with Crippen LogP contribution in [0.25, 0.3) is 0 Å². The summed E-state index contributed by atoms with van der Waals surface area (Å²) < 4.78 is 26.6. The minimum atomic E-state index is -3.50. The third-order valence-electron chi connectivity index (χ3n) is 4.80. The Bertz CT molecular complexity index is 1070. The van der Waals surface area contributed by atoms with E-state index in [2.05, 4.69) is 15.0 Å². The number of nitrogens with one attached hydrogen (secondary N) is 2. The molecule has 6 nitrogen and oxygen atoms in total. The second-order valence-electron chi connectivity index (χ2n) is 7.10. The zero-order chi connectivity index (χ0) is 21.7. The maximum Gasteiger partial charge on any atom is 0.263 e. The summed E-state index contributed by atoms with van der Waals surface area (Å²) in [5.41, 5.74) is 1.43. The molecule has 0 aromatic heterocycles. The van der Waals surface area contributed by atoms with Gasteiger partial charge in [0.1, 0.15) is 5.84 Å². The molecule has 3 rings (SSSR count). The molecular weight excluding hydrogens is 445 g/mol. The number of fused-ring (bicyclic) bond motifs is 1. The zero-order valence-corrected chi connectivity index (χ0v) is 18.8. The van der Waals surface area contributed by atoms with E-state index in [1.54, 1.807) is 36.4 Å². The molecule has 1 atom stereocenters. The Balaban J connectivity index is 1.40. The number of halogens is 2. The van der Waals surface area contributed by atoms with Crippen molar-refractivity contribution in [1.29, 1.82) is 0 Å². The van der Waals surface area contributed by atoms with Gasteiger partial charge in [0.25, 0.3) is 10.0 Å². The molecule has 1 aliphatic heterocycles. The van der Waals surface area contributed by atoms with Crippen molar-refractivity contribution < 1.29 is 13.2 Å². The first-order valence-electron chi connectivity index (χ1n) is 9.69. The van der Waals surface area contributed by atoms with Crippen LogP contribution in [-0.4, -0.2) is 26.7 Å². The number of aliphatic imine (C=N–C) groups is 1. The predicted octanol–water partition coefficient (Wildman–Crippen LogP) is 4.47. The Hall–Kier alpha value is -2.09. The quantitative estimate of drug-likeness (QED) is 0.561. The molecule has 1 unspecified atom stereocenters. The molecular formula is C21H23Cl2N3O3S. The molecule has 0 spiro atoms. The van der Waals surface area contributed by atoms with E-state index in [-0.39, 0.29) is 16.8 Å². The van der Waals surface area contributed by atoms with Gasteiger partial charge in [-0.15, -0.1) is 0 Å². The van der Waals surface area contributed by atoms with Gasteiger partial charge in [0.05, 0.1) is 10.9 Å². The summed E-state index contributed by atoms with van der Waals surface area (Å²) in [6.45, 7) is 2.37. The van der Waals surface area contributed by atoms with Gasteiger partial charge in [-0.25, -0.2) is 8.42 Å². The number of rotatable bonds is 8. The van der Waals surface area contributed by atoms with Crippen LogP contribution in [0.15, 0.2) is 52.4 Å². The van der Waals surface area contributed by atoms with E-state index in [0.29, 0.717) is 34.4 Å². The van der Waals surface area contributed by atoms with Crippen LogP contribution in [0.4, 0.5) is 0 Å². The Kier molecular flexibility index (Phi) is 7.39. The number of sulfonamides is 1. The first-order chi connectivity index (χ1) is 14.3. The second-order valence-corrected chi connectivity index (χ2v) is 9.59. The lowest BCUT2D eigenvalue weighted by Gasteiger charge is -2.16. The normalized spacial score (nSPS) is 16.7. The van der Waals surface area contributed by atoms with Crippen molar-refractivity contribution in [3.8, 4) is 0 Å². The lowest BCUT2D eigenvalue weighted by molar-refractivity contribution is -0.121. The van der Waals surface area contributed by atoms with Gasteiger partial charge in [0.2, 0.25) is 5.91 Å². The topological polar surface area (TPSA) is 87.6 Å². The SMILES string of the molecule is CC(NC(=O)CCCCCN=C1NS(=O)(=O)c2ccccc21)c1ccc(Cl)cc1Cl. The number of hydrogen-bond acceptors (Lipinski definition) is 4. The summed E-state index contributed by atoms with van der Waals surface area (Å²) in [7, 11) is -3.50. The summed E-state index contributed by atoms with van der Waals surface area (Å²) in [6, 6.07) is 11.8. The van der Waals surface area contributed by atoms with Crippen molar-refractivity contribution in [2.45, 2.75) is 43.5 Å². The van der Waals surface area contributed by atoms with Gasteiger partial charge in [-0.05, 0) is 49.6 Å². The predicted molar refractivity (Wildman–Crippen MR) is 120 cm³/mol. The number of carbonyl (C=O) groups is 1. The molecule has 2 N–H and O–H groups in total. The van der Waals surface area contributed by atoms with E-state index in [1.807, 2.05) is 13.0 Å². The molecule has 0 aliphatic carbocycles. The first kappa shape index (κ1) is 22.6. The smallest absolute Gasteiger partial charge is 0.263 e. The van der Waals surface area contributed by atoms with E-state index in [4.69, 9.17) is 23.2 Å². The standard InChI is InChI=1S/C21H23Cl2N3O3S/c1-14(16-11-10-15(22)13-18(16)23)25-20(27)9-3-2-6-12-24-21-17-7-4-5-8-19(17)30(28,29)26-21/h4-5,7-8,10-11,13-14H,2-3,6,9,12H2,1H3,(H,24,26)(H,25,27). The number of hydrogen-bond donors (Lipinski definition) is 2. The van der Waals surface area contributed by atoms with Crippen molar-refractivity contribution in [2.75, 3.05) is 6.54 Å². The third kappa shape index (κ3) is 5.53. The van der Waals surface area contributed by atoms with Crippen molar-refractivity contribution in [2.24, 2.45) is 4.99 Å². The van der Waals surface area contributed by atoms with Crippen LogP contribution in [0.2, 0.25) is 10.0 Å². The minimum Gasteiger partial charge on any atom is -0.350 e. The molecule has 2 aromatic rings. The van der Waals surface area contributed by atoms with E-state index in [0.717, 1.165) is 24.8 Å². The highest BCUT2D eigenvalue weighted by Gasteiger charge is 2.29. The molecule has 0 bridgehead atoms. The zero-order valence-electron chi connectivity index (χ0n) is 16.5. The molecule has 1 aliphatic rings. The van der Waals surface area contributed by atoms with Crippen LogP contribution in [-0.2, 0) is 14.8 Å². The van der Waals surface area contributed by atoms with Gasteiger partial charge >= 0.3 is 0 Å². The highest BCUT2D eigenvalue weighted by molar-refractivity contribution is 7.90. The van der Waals surface area contributed by atoms with Gasteiger partial charge in [-0.3, -0.25) is 14.5 Å². The fourth-order valence-electron chi connectivity index (χ4n) is 3.26. The van der Waals surface area contributed by atoms with Gasteiger partial charge in [-0.2, -0.15) is 0 Å². The molecule has 0 radical (unpaired) electrons. The maximum absolute atomic E-state index is 12.2. The van der Waals surface area contributed by atoms with Gasteiger partial charge in [0.15, 0.2) is 0 Å². The van der Waals surface area contributed by atoms with Gasteiger partial charge in [-0.1, -0.05) is 47.8 Å². The maximum atomic E-state index is 12.2. The Labute approximate surface area is 186 Å². The van der Waals surface area contributed by atoms with Crippen LogP contribution in [0.3, 0.4) is 0 Å². The van der Waals surface area contributed by atoms with Crippen LogP contribution in [0, 0.1) is 0 Å². The van der Waals surface area contributed by atoms with Crippen LogP contribution >= 0.6 is 23.2 Å². The number of unbranched alkanes of at least 4 members (excludes halogenated alkanes) is 2. The highest BCUT2D eigenvalue weighted by atomic mass is 35.5. The lowest BCUT2D eigenvalue weighted by atomic mass is 10.1. The highest BCUT2D eigenvalue weighted by Crippen LogP contribution is 2.26. The molecule has 30 heavy (non-hydrogen) atoms. The van der Waals surface area contributed by atoms with E-state index < -0.39 is 10.0 Å². The lowest BCUT2D eigenvalue weighted by Crippen LogP contribution is -2.26. The van der Waals surface area contributed by atoms with Gasteiger partial charge in [0, 0.05) is 28.6 Å². The number of benzene rings is 2. The number of amides is 1. The minimum absolute atomic E-state index is 0.0442. The molecule has 2 aromatic carbocycles. The van der Waals surface area contributed by atoms with Crippen molar-refractivity contribution in [3.05, 3.63) is 63.6 Å². The summed E-state index contributed by atoms with van der Waals surface area (Å²) in [4.78, 5) is 16.8. The monoisotopic (exact) mass is 467 g/mol. The third-order valence-corrected chi connectivity index (χ3v) is 6.76. The van der Waals surface area contributed by atoms with E-state index in [9.17, 15) is 13.2 Å². The number of carbonyl (C=O) groups excluding carboxylic acids is 1. The molecule has 1 amide bonds. The molecule has 0 saturated heterocycles. The van der Waals surface area contributed by atoms with Crippen molar-refractivity contribution >= 4 is 45.0 Å². The molecule has 160 valence electrons. The summed E-state index contributed by atoms with van der Waals surface area (Å²) in [5, 5.41) is 4.02. The molecule has 1 heterocycles. The second kappa shape index (κ2) is 9.81. The average Bonchev–Trinajstić information content (AvgIpc) is 2.95. The Morgan fingerprint density at radius 3 is 2.67 bits per heavy atom. The molecule has 0 fully saturated rings. The summed E-state index contributed by atoms with van der Waals surface area (Å²) in [5.74, 6) is 0.342. The number of nitrogens with zero attached hydrogens (tertiary/aromatic N) is 1. The van der Waals surface area contributed by atoms with Crippen molar-refractivity contribution in [1.82, 2.24) is 10.0 Å². The average molecular weight is 468 g/mol. The van der Waals surface area contributed by atoms with Crippen LogP contribution < -0.4 is 10.0 Å². The van der Waals surface area contributed by atoms with Crippen LogP contribution in [0.5, 0.6) is 0 Å². The summed E-state index contributed by atoms with van der Waals surface area (Å²) in [6.07, 6.45) is 2.70. The van der Waals surface area contributed by atoms with Crippen LogP contribution in [0.1, 0.15) is 49.8 Å². The largest absolute Gasteiger partial charge is 0.350 e. The van der Waals surface area contributed by atoms with E-state index >= 15 is 0 Å². The fourth-order valence-corrected chi connectivity index (χ4v) is 5.08. The van der Waals surface area contributed by atoms with Gasteiger partial charge < -0.3 is 5.32 Å². The summed E-state index contributed by atoms with van der Waals surface area (Å²) >= 11 is 12.1. The van der Waals surface area contributed by atoms with Crippen molar-refractivity contribution in [3.63, 3.8) is 0 Å². The first-order valence-corrected chi connectivity index (χ1v) is 11.9.